The molecule has 0 saturated carbocycles. The third-order valence-corrected chi connectivity index (χ3v) is 3.25. The van der Waals surface area contributed by atoms with Crippen molar-refractivity contribution in [3.63, 3.8) is 0 Å². The molecule has 0 spiro atoms. The van der Waals surface area contributed by atoms with Crippen molar-refractivity contribution < 1.29 is 24.2 Å². The Balaban J connectivity index is 2.51. The minimum absolute atomic E-state index is 0.0437. The highest BCUT2D eigenvalue weighted by Gasteiger charge is 2.16. The molecule has 0 aromatic carbocycles. The van der Waals surface area contributed by atoms with E-state index < -0.39 is 12.0 Å². The molecule has 1 aromatic heterocycles. The number of anilines is 1. The first-order valence-corrected chi connectivity index (χ1v) is 6.82. The third kappa shape index (κ3) is 4.54. The zero-order valence-corrected chi connectivity index (χ0v) is 12.0. The van der Waals surface area contributed by atoms with E-state index in [9.17, 15) is 14.4 Å². The number of thiophene rings is 1. The lowest BCUT2D eigenvalue weighted by molar-refractivity contribution is -0.143. The number of amides is 2. The predicted octanol–water partition coefficient (Wildman–Crippen LogP) is 1.86. The average Bonchev–Trinajstić information content (AvgIpc) is 2.84. The zero-order valence-electron chi connectivity index (χ0n) is 11.2. The maximum Gasteiger partial charge on any atom is 0.338 e. The van der Waals surface area contributed by atoms with Crippen LogP contribution in [0.3, 0.4) is 0 Å². The van der Waals surface area contributed by atoms with E-state index in [0.717, 1.165) is 11.3 Å². The second kappa shape index (κ2) is 7.49. The number of carbonyl (C=O) groups is 3. The first kappa shape index (κ1) is 16.0. The molecule has 0 unspecified atom stereocenters. The number of urea groups is 1. The molecule has 0 radical (unpaired) electrons. The van der Waals surface area contributed by atoms with Gasteiger partial charge in [0, 0.05) is 13.6 Å². The smallest absolute Gasteiger partial charge is 0.338 e. The molecule has 0 saturated heterocycles. The Bertz CT molecular complexity index is 500. The van der Waals surface area contributed by atoms with Crippen molar-refractivity contribution in [1.29, 1.82) is 0 Å². The standard InChI is InChI=1S/C12H16N2O5S/c1-3-19-9(15)4-6-14(2)12(18)13-10-8(11(16)17)5-7-20-10/h5,7H,3-4,6H2,1-2H3,(H,13,18)(H,16,17). The summed E-state index contributed by atoms with van der Waals surface area (Å²) in [5, 5.41) is 13.3. The summed E-state index contributed by atoms with van der Waals surface area (Å²) in [6, 6.07) is 0.945. The number of rotatable bonds is 6. The summed E-state index contributed by atoms with van der Waals surface area (Å²) in [5.41, 5.74) is 0.0437. The number of aromatic carboxylic acids is 1. The quantitative estimate of drug-likeness (QED) is 0.782. The number of carboxylic acid groups (broad SMARTS) is 1. The van der Waals surface area contributed by atoms with Gasteiger partial charge in [-0.05, 0) is 18.4 Å². The molecule has 2 N–H and O–H groups in total. The van der Waals surface area contributed by atoms with E-state index in [1.165, 1.54) is 18.0 Å². The van der Waals surface area contributed by atoms with Crippen molar-refractivity contribution in [1.82, 2.24) is 4.90 Å². The van der Waals surface area contributed by atoms with Crippen LogP contribution in [0.25, 0.3) is 0 Å². The fourth-order valence-electron chi connectivity index (χ4n) is 1.36. The fourth-order valence-corrected chi connectivity index (χ4v) is 2.13. The van der Waals surface area contributed by atoms with Gasteiger partial charge in [-0.15, -0.1) is 11.3 Å². The highest BCUT2D eigenvalue weighted by Crippen LogP contribution is 2.23. The Morgan fingerprint density at radius 3 is 2.75 bits per heavy atom. The second-order valence-corrected chi connectivity index (χ2v) is 4.79. The van der Waals surface area contributed by atoms with Gasteiger partial charge in [0.1, 0.15) is 5.00 Å². The Morgan fingerprint density at radius 2 is 2.15 bits per heavy atom. The minimum Gasteiger partial charge on any atom is -0.478 e. The number of nitrogens with zero attached hydrogens (tertiary/aromatic N) is 1. The van der Waals surface area contributed by atoms with Crippen molar-refractivity contribution in [2.75, 3.05) is 25.5 Å². The monoisotopic (exact) mass is 300 g/mol. The van der Waals surface area contributed by atoms with Crippen LogP contribution in [-0.4, -0.2) is 48.2 Å². The van der Waals surface area contributed by atoms with Crippen LogP contribution < -0.4 is 5.32 Å². The molecular formula is C12H16N2O5S. The lowest BCUT2D eigenvalue weighted by Gasteiger charge is -2.17. The van der Waals surface area contributed by atoms with Gasteiger partial charge < -0.3 is 14.7 Å². The molecule has 1 aromatic rings. The van der Waals surface area contributed by atoms with Gasteiger partial charge in [0.25, 0.3) is 0 Å². The van der Waals surface area contributed by atoms with Gasteiger partial charge in [-0.1, -0.05) is 0 Å². The van der Waals surface area contributed by atoms with Crippen molar-refractivity contribution in [2.45, 2.75) is 13.3 Å². The molecule has 0 aliphatic carbocycles. The summed E-state index contributed by atoms with van der Waals surface area (Å²) < 4.78 is 4.76. The summed E-state index contributed by atoms with van der Waals surface area (Å²) >= 11 is 1.13. The highest BCUT2D eigenvalue weighted by atomic mass is 32.1. The zero-order chi connectivity index (χ0) is 15.1. The van der Waals surface area contributed by atoms with Crippen LogP contribution in [0.5, 0.6) is 0 Å². The largest absolute Gasteiger partial charge is 0.478 e. The van der Waals surface area contributed by atoms with Crippen molar-refractivity contribution >= 4 is 34.3 Å². The summed E-state index contributed by atoms with van der Waals surface area (Å²) in [6.07, 6.45) is 0.0913. The fraction of sp³-hybridized carbons (Fsp3) is 0.417. The SMILES string of the molecule is CCOC(=O)CCN(C)C(=O)Nc1sccc1C(=O)O. The molecule has 0 fully saturated rings. The molecule has 1 rings (SSSR count). The van der Waals surface area contributed by atoms with Crippen LogP contribution in [0.15, 0.2) is 11.4 Å². The van der Waals surface area contributed by atoms with Crippen molar-refractivity contribution in [2.24, 2.45) is 0 Å². The molecule has 0 aliphatic rings. The summed E-state index contributed by atoms with van der Waals surface area (Å²) in [5.74, 6) is -1.48. The lowest BCUT2D eigenvalue weighted by Crippen LogP contribution is -2.33. The Kier molecular flexibility index (Phi) is 5.98. The van der Waals surface area contributed by atoms with Gasteiger partial charge in [-0.3, -0.25) is 10.1 Å². The van der Waals surface area contributed by atoms with E-state index >= 15 is 0 Å². The van der Waals surface area contributed by atoms with Crippen LogP contribution in [-0.2, 0) is 9.53 Å². The number of nitrogens with one attached hydrogen (secondary N) is 1. The molecule has 0 bridgehead atoms. The molecule has 7 nitrogen and oxygen atoms in total. The van der Waals surface area contributed by atoms with E-state index in [4.69, 9.17) is 9.84 Å². The summed E-state index contributed by atoms with van der Waals surface area (Å²) in [6.45, 7) is 2.20. The minimum atomic E-state index is -1.10. The average molecular weight is 300 g/mol. The van der Waals surface area contributed by atoms with Gasteiger partial charge in [-0.2, -0.15) is 0 Å². The normalized spacial score (nSPS) is 9.90. The van der Waals surface area contributed by atoms with Gasteiger partial charge >= 0.3 is 18.0 Å². The number of esters is 1. The maximum absolute atomic E-state index is 11.8. The molecular weight excluding hydrogens is 284 g/mol. The first-order chi connectivity index (χ1) is 9.45. The van der Waals surface area contributed by atoms with Gasteiger partial charge in [0.05, 0.1) is 18.6 Å². The number of carboxylic acids is 1. The Labute approximate surface area is 120 Å². The van der Waals surface area contributed by atoms with Gasteiger partial charge in [0.15, 0.2) is 0 Å². The molecule has 20 heavy (non-hydrogen) atoms. The van der Waals surface area contributed by atoms with E-state index in [1.54, 1.807) is 12.3 Å². The number of hydrogen-bond donors (Lipinski definition) is 2. The van der Waals surface area contributed by atoms with E-state index in [2.05, 4.69) is 5.32 Å². The molecule has 1 heterocycles. The van der Waals surface area contributed by atoms with E-state index in [0.29, 0.717) is 6.61 Å². The number of carbonyl (C=O) groups excluding carboxylic acids is 2. The van der Waals surface area contributed by atoms with Crippen molar-refractivity contribution in [3.05, 3.63) is 17.0 Å². The molecule has 0 atom stereocenters. The Morgan fingerprint density at radius 1 is 1.45 bits per heavy atom. The molecule has 110 valence electrons. The molecule has 2 amide bonds. The third-order valence-electron chi connectivity index (χ3n) is 2.42. The Hall–Kier alpha value is -2.09. The lowest BCUT2D eigenvalue weighted by atomic mass is 10.3. The molecule has 8 heteroatoms. The van der Waals surface area contributed by atoms with Crippen LogP contribution in [0.4, 0.5) is 9.80 Å². The van der Waals surface area contributed by atoms with Crippen molar-refractivity contribution in [3.8, 4) is 0 Å². The number of ether oxygens (including phenoxy) is 1. The van der Waals surface area contributed by atoms with Crippen LogP contribution in [0.2, 0.25) is 0 Å². The van der Waals surface area contributed by atoms with Crippen LogP contribution >= 0.6 is 11.3 Å². The van der Waals surface area contributed by atoms with Gasteiger partial charge in [-0.25, -0.2) is 9.59 Å². The predicted molar refractivity (Wildman–Crippen MR) is 74.2 cm³/mol. The maximum atomic E-state index is 11.8. The molecule has 0 aliphatic heterocycles. The van der Waals surface area contributed by atoms with E-state index in [-0.39, 0.29) is 29.5 Å². The topological polar surface area (TPSA) is 95.9 Å². The summed E-state index contributed by atoms with van der Waals surface area (Å²) in [4.78, 5) is 35.2. The van der Waals surface area contributed by atoms with Crippen LogP contribution in [0, 0.1) is 0 Å². The number of hydrogen-bond acceptors (Lipinski definition) is 5. The second-order valence-electron chi connectivity index (χ2n) is 3.88. The highest BCUT2D eigenvalue weighted by molar-refractivity contribution is 7.14. The summed E-state index contributed by atoms with van der Waals surface area (Å²) in [7, 11) is 1.52. The van der Waals surface area contributed by atoms with Crippen LogP contribution in [0.1, 0.15) is 23.7 Å². The van der Waals surface area contributed by atoms with Gasteiger partial charge in [0.2, 0.25) is 0 Å². The van der Waals surface area contributed by atoms with E-state index in [1.807, 2.05) is 0 Å². The first-order valence-electron chi connectivity index (χ1n) is 5.94.